The van der Waals surface area contributed by atoms with Crippen LogP contribution in [0.3, 0.4) is 0 Å². The fourth-order valence-electron chi connectivity index (χ4n) is 1.34. The molecule has 5 nitrogen and oxygen atoms in total. The Morgan fingerprint density at radius 1 is 0.833 bits per heavy atom. The molecule has 2 rings (SSSR count). The number of ether oxygens (including phenoxy) is 2. The molecule has 7 heteroatoms. The maximum atomic E-state index is 5.83. The van der Waals surface area contributed by atoms with Crippen molar-refractivity contribution >= 4 is 23.2 Å². The van der Waals surface area contributed by atoms with Crippen molar-refractivity contribution in [2.75, 3.05) is 14.2 Å². The van der Waals surface area contributed by atoms with Gasteiger partial charge in [0.1, 0.15) is 10.3 Å². The molecule has 0 saturated heterocycles. The van der Waals surface area contributed by atoms with E-state index in [4.69, 9.17) is 32.7 Å². The predicted octanol–water partition coefficient (Wildman–Crippen LogP) is 2.86. The van der Waals surface area contributed by atoms with E-state index in [0.29, 0.717) is 23.1 Å². The van der Waals surface area contributed by atoms with E-state index < -0.39 is 0 Å². The minimum atomic E-state index is 0.267. The summed E-state index contributed by atoms with van der Waals surface area (Å²) in [4.78, 5) is 12.2. The van der Waals surface area contributed by atoms with Gasteiger partial charge in [-0.2, -0.15) is 9.97 Å². The van der Waals surface area contributed by atoms with Gasteiger partial charge in [-0.05, 0) is 12.1 Å². The molecular weight excluding hydrogens is 277 g/mol. The van der Waals surface area contributed by atoms with Gasteiger partial charge in [-0.1, -0.05) is 23.2 Å². The molecule has 0 saturated carbocycles. The number of rotatable bonds is 3. The van der Waals surface area contributed by atoms with Crippen LogP contribution < -0.4 is 9.47 Å². The van der Waals surface area contributed by atoms with Crippen molar-refractivity contribution in [3.8, 4) is 23.1 Å². The Bertz CT molecular complexity index is 536. The van der Waals surface area contributed by atoms with Gasteiger partial charge in [-0.25, -0.2) is 4.98 Å². The van der Waals surface area contributed by atoms with Crippen molar-refractivity contribution in [2.45, 2.75) is 0 Å². The molecule has 0 atom stereocenters. The quantitative estimate of drug-likeness (QED) is 0.812. The summed E-state index contributed by atoms with van der Waals surface area (Å²) in [5.74, 6) is 1.18. The average molecular weight is 286 g/mol. The lowest BCUT2D eigenvalue weighted by Gasteiger charge is -2.06. The summed E-state index contributed by atoms with van der Waals surface area (Å²) < 4.78 is 10.1. The summed E-state index contributed by atoms with van der Waals surface area (Å²) in [6, 6.07) is 4.80. The summed E-state index contributed by atoms with van der Waals surface area (Å²) in [5.41, 5.74) is 0.636. The number of methoxy groups -OCH3 is 2. The van der Waals surface area contributed by atoms with Crippen molar-refractivity contribution in [1.29, 1.82) is 0 Å². The van der Waals surface area contributed by atoms with E-state index in [2.05, 4.69) is 15.0 Å². The highest BCUT2D eigenvalue weighted by atomic mass is 35.5. The number of aromatic nitrogens is 3. The number of nitrogens with zero attached hydrogens (tertiary/aromatic N) is 3. The maximum absolute atomic E-state index is 5.83. The Hall–Kier alpha value is -1.59. The van der Waals surface area contributed by atoms with Gasteiger partial charge >= 0.3 is 0 Å². The maximum Gasteiger partial charge on any atom is 0.220 e. The Balaban J connectivity index is 2.55. The molecule has 0 aliphatic carbocycles. The van der Waals surface area contributed by atoms with E-state index in [0.717, 1.165) is 0 Å². The summed E-state index contributed by atoms with van der Waals surface area (Å²) in [6.07, 6.45) is 0. The second kappa shape index (κ2) is 5.37. The molecule has 2 heterocycles. The SMILES string of the molecule is COc1cc(OC)nc(-c2cc(Cl)nc(Cl)c2)n1. The molecule has 0 aliphatic rings. The monoisotopic (exact) mass is 285 g/mol. The normalized spacial score (nSPS) is 10.2. The Labute approximate surface area is 114 Å². The first-order valence-electron chi connectivity index (χ1n) is 4.93. The largest absolute Gasteiger partial charge is 0.481 e. The van der Waals surface area contributed by atoms with Crippen LogP contribution in [0.1, 0.15) is 0 Å². The van der Waals surface area contributed by atoms with E-state index in [1.54, 1.807) is 18.2 Å². The van der Waals surface area contributed by atoms with E-state index in [1.807, 2.05) is 0 Å². The van der Waals surface area contributed by atoms with E-state index in [9.17, 15) is 0 Å². The molecular formula is C11H9Cl2N3O2. The number of pyridine rings is 1. The van der Waals surface area contributed by atoms with Crippen molar-refractivity contribution in [2.24, 2.45) is 0 Å². The summed E-state index contributed by atoms with van der Waals surface area (Å²) in [6.45, 7) is 0. The molecule has 0 amide bonds. The highest BCUT2D eigenvalue weighted by Gasteiger charge is 2.09. The molecule has 0 N–H and O–H groups in total. The molecule has 0 aliphatic heterocycles. The Morgan fingerprint density at radius 2 is 1.33 bits per heavy atom. The summed E-state index contributed by atoms with van der Waals surface area (Å²) >= 11 is 11.7. The zero-order chi connectivity index (χ0) is 13.1. The molecule has 0 unspecified atom stereocenters. The van der Waals surface area contributed by atoms with Crippen LogP contribution in [0, 0.1) is 0 Å². The van der Waals surface area contributed by atoms with Crippen LogP contribution in [0.15, 0.2) is 18.2 Å². The molecule has 2 aromatic heterocycles. The average Bonchev–Trinajstić information content (AvgIpc) is 2.37. The van der Waals surface area contributed by atoms with Gasteiger partial charge in [0.2, 0.25) is 11.8 Å². The van der Waals surface area contributed by atoms with Gasteiger partial charge in [-0.3, -0.25) is 0 Å². The smallest absolute Gasteiger partial charge is 0.220 e. The number of hydrogen-bond donors (Lipinski definition) is 0. The van der Waals surface area contributed by atoms with E-state index in [-0.39, 0.29) is 10.3 Å². The van der Waals surface area contributed by atoms with Crippen LogP contribution in [0.2, 0.25) is 10.3 Å². The molecule has 18 heavy (non-hydrogen) atoms. The van der Waals surface area contributed by atoms with Gasteiger partial charge in [0.05, 0.1) is 20.3 Å². The molecule has 2 aromatic rings. The second-order valence-electron chi connectivity index (χ2n) is 3.28. The van der Waals surface area contributed by atoms with Gasteiger partial charge in [0.15, 0.2) is 5.82 Å². The first kappa shape index (κ1) is 12.9. The Morgan fingerprint density at radius 3 is 1.78 bits per heavy atom. The molecule has 0 aromatic carbocycles. The fraction of sp³-hybridized carbons (Fsp3) is 0.182. The van der Waals surface area contributed by atoms with E-state index in [1.165, 1.54) is 14.2 Å². The first-order valence-corrected chi connectivity index (χ1v) is 5.68. The third-order valence-electron chi connectivity index (χ3n) is 2.12. The van der Waals surface area contributed by atoms with Crippen LogP contribution in [0.4, 0.5) is 0 Å². The van der Waals surface area contributed by atoms with Gasteiger partial charge < -0.3 is 9.47 Å². The van der Waals surface area contributed by atoms with Gasteiger partial charge in [-0.15, -0.1) is 0 Å². The highest BCUT2D eigenvalue weighted by molar-refractivity contribution is 6.32. The number of hydrogen-bond acceptors (Lipinski definition) is 5. The van der Waals surface area contributed by atoms with Crippen molar-refractivity contribution in [1.82, 2.24) is 15.0 Å². The lowest BCUT2D eigenvalue weighted by Crippen LogP contribution is -1.97. The van der Waals surface area contributed by atoms with E-state index >= 15 is 0 Å². The van der Waals surface area contributed by atoms with Crippen molar-refractivity contribution < 1.29 is 9.47 Å². The standard InChI is InChI=1S/C11H9Cl2N3O2/c1-17-9-5-10(18-2)16-11(15-9)6-3-7(12)14-8(13)4-6/h3-5H,1-2H3. The fourth-order valence-corrected chi connectivity index (χ4v) is 1.80. The zero-order valence-electron chi connectivity index (χ0n) is 9.65. The minimum Gasteiger partial charge on any atom is -0.481 e. The van der Waals surface area contributed by atoms with Gasteiger partial charge in [0.25, 0.3) is 0 Å². The van der Waals surface area contributed by atoms with Crippen molar-refractivity contribution in [3.63, 3.8) is 0 Å². The van der Waals surface area contributed by atoms with Crippen molar-refractivity contribution in [3.05, 3.63) is 28.5 Å². The molecule has 0 spiro atoms. The van der Waals surface area contributed by atoms with Crippen LogP contribution in [0.5, 0.6) is 11.8 Å². The summed E-state index contributed by atoms with van der Waals surface area (Å²) in [5, 5.41) is 0.533. The first-order chi connectivity index (χ1) is 8.62. The highest BCUT2D eigenvalue weighted by Crippen LogP contribution is 2.25. The molecule has 0 bridgehead atoms. The summed E-state index contributed by atoms with van der Waals surface area (Å²) in [7, 11) is 3.02. The second-order valence-corrected chi connectivity index (χ2v) is 4.05. The topological polar surface area (TPSA) is 57.1 Å². The zero-order valence-corrected chi connectivity index (χ0v) is 11.2. The lowest BCUT2D eigenvalue weighted by atomic mass is 10.2. The molecule has 0 radical (unpaired) electrons. The predicted molar refractivity (Wildman–Crippen MR) is 68.4 cm³/mol. The van der Waals surface area contributed by atoms with Crippen LogP contribution in [-0.2, 0) is 0 Å². The van der Waals surface area contributed by atoms with Crippen LogP contribution >= 0.6 is 23.2 Å². The van der Waals surface area contributed by atoms with Crippen LogP contribution in [-0.4, -0.2) is 29.2 Å². The van der Waals surface area contributed by atoms with Crippen LogP contribution in [0.25, 0.3) is 11.4 Å². The third kappa shape index (κ3) is 2.80. The third-order valence-corrected chi connectivity index (χ3v) is 2.51. The molecule has 94 valence electrons. The lowest BCUT2D eigenvalue weighted by molar-refractivity contribution is 0.372. The Kier molecular flexibility index (Phi) is 3.84. The minimum absolute atomic E-state index is 0.267. The number of halogens is 2. The molecule has 0 fully saturated rings. The van der Waals surface area contributed by atoms with Gasteiger partial charge in [0, 0.05) is 5.56 Å².